The van der Waals surface area contributed by atoms with E-state index < -0.39 is 21.4 Å². The molecule has 0 aromatic carbocycles. The summed E-state index contributed by atoms with van der Waals surface area (Å²) in [6.45, 7) is 0. The molecule has 1 aliphatic carbocycles. The Morgan fingerprint density at radius 1 is 1.44 bits per heavy atom. The van der Waals surface area contributed by atoms with Crippen LogP contribution in [0.15, 0.2) is 0 Å². The highest BCUT2D eigenvalue weighted by Crippen LogP contribution is 2.27. The van der Waals surface area contributed by atoms with Gasteiger partial charge in [0, 0.05) is 0 Å². The van der Waals surface area contributed by atoms with Gasteiger partial charge >= 0.3 is 0 Å². The van der Waals surface area contributed by atoms with Crippen LogP contribution in [0.25, 0.3) is 0 Å². The van der Waals surface area contributed by atoms with Crippen LogP contribution in [0.1, 0.15) is 12.8 Å². The number of hydrogen-bond donors (Lipinski definition) is 1. The van der Waals surface area contributed by atoms with E-state index in [-0.39, 0.29) is 0 Å². The first-order valence-electron chi connectivity index (χ1n) is 2.67. The summed E-state index contributed by atoms with van der Waals surface area (Å²) in [5, 5.41) is 3.74. The molecule has 1 rings (SSSR count). The molecule has 0 aromatic heterocycles. The molecule has 2 atom stereocenters. The van der Waals surface area contributed by atoms with Gasteiger partial charge in [-0.05, 0) is 12.8 Å². The van der Waals surface area contributed by atoms with E-state index in [0.29, 0.717) is 12.8 Å². The third-order valence-corrected chi connectivity index (χ3v) is 2.93. The van der Waals surface area contributed by atoms with Crippen LogP contribution in [-0.2, 0) is 10.0 Å². The molecule has 5 heteroatoms. The number of rotatable bonds is 1. The van der Waals surface area contributed by atoms with Crippen molar-refractivity contribution < 1.29 is 12.8 Å². The van der Waals surface area contributed by atoms with Gasteiger partial charge in [-0.1, -0.05) is 0 Å². The van der Waals surface area contributed by atoms with Gasteiger partial charge in [-0.15, -0.1) is 0 Å². The molecule has 1 aliphatic rings. The van der Waals surface area contributed by atoms with Gasteiger partial charge in [0.25, 0.3) is 0 Å². The first-order valence-corrected chi connectivity index (χ1v) is 4.28. The van der Waals surface area contributed by atoms with Crippen LogP contribution in [0.3, 0.4) is 0 Å². The van der Waals surface area contributed by atoms with Crippen LogP contribution >= 0.6 is 0 Å². The zero-order valence-corrected chi connectivity index (χ0v) is 5.57. The van der Waals surface area contributed by atoms with E-state index in [9.17, 15) is 12.8 Å². The van der Waals surface area contributed by atoms with Crippen molar-refractivity contribution in [1.82, 2.24) is 0 Å². The minimum absolute atomic E-state index is 0.334. The van der Waals surface area contributed by atoms with Gasteiger partial charge in [0.1, 0.15) is 11.4 Å². The van der Waals surface area contributed by atoms with Gasteiger partial charge in [0.05, 0.1) is 0 Å². The lowest BCUT2D eigenvalue weighted by Crippen LogP contribution is -2.43. The molecule has 0 aromatic rings. The summed E-state index contributed by atoms with van der Waals surface area (Å²) in [5.74, 6) is 0. The van der Waals surface area contributed by atoms with Crippen LogP contribution in [0.4, 0.5) is 4.39 Å². The van der Waals surface area contributed by atoms with Crippen molar-refractivity contribution in [3.05, 3.63) is 0 Å². The third-order valence-electron chi connectivity index (χ3n) is 1.55. The lowest BCUT2D eigenvalue weighted by Gasteiger charge is -2.27. The van der Waals surface area contributed by atoms with Gasteiger partial charge < -0.3 is 0 Å². The Hall–Kier alpha value is -0.160. The average molecular weight is 153 g/mol. The summed E-state index contributed by atoms with van der Waals surface area (Å²) in [6.07, 6.45) is -0.513. The minimum atomic E-state index is -3.59. The zero-order valence-electron chi connectivity index (χ0n) is 4.75. The Kier molecular flexibility index (Phi) is 1.48. The molecular formula is C4H8FNO2S. The molecule has 0 heterocycles. The lowest BCUT2D eigenvalue weighted by molar-refractivity contribution is 0.214. The van der Waals surface area contributed by atoms with E-state index >= 15 is 0 Å². The summed E-state index contributed by atoms with van der Waals surface area (Å²) in [7, 11) is -3.59. The quantitative estimate of drug-likeness (QED) is 0.566. The molecule has 54 valence electrons. The normalized spacial score (nSPS) is 35.8. The Balaban J connectivity index is 2.66. The van der Waals surface area contributed by atoms with Crippen LogP contribution < -0.4 is 5.14 Å². The molecule has 9 heavy (non-hydrogen) atoms. The van der Waals surface area contributed by atoms with Gasteiger partial charge in [0.15, 0.2) is 0 Å². The predicted molar refractivity (Wildman–Crippen MR) is 31.0 cm³/mol. The van der Waals surface area contributed by atoms with E-state index in [1.165, 1.54) is 0 Å². The number of alkyl halides is 1. The fraction of sp³-hybridized carbons (Fsp3) is 1.00. The summed E-state index contributed by atoms with van der Waals surface area (Å²) in [4.78, 5) is 0. The van der Waals surface area contributed by atoms with Crippen molar-refractivity contribution in [3.8, 4) is 0 Å². The molecule has 0 saturated heterocycles. The summed E-state index contributed by atoms with van der Waals surface area (Å²) >= 11 is 0. The minimum Gasteiger partial charge on any atom is -0.246 e. The van der Waals surface area contributed by atoms with Crippen molar-refractivity contribution in [2.45, 2.75) is 24.3 Å². The predicted octanol–water partition coefficient (Wildman–Crippen LogP) is -0.225. The molecule has 2 N–H and O–H groups in total. The summed E-state index contributed by atoms with van der Waals surface area (Å²) < 4.78 is 32.9. The Morgan fingerprint density at radius 2 is 2.00 bits per heavy atom. The third kappa shape index (κ3) is 1.21. The smallest absolute Gasteiger partial charge is 0.214 e. The van der Waals surface area contributed by atoms with Gasteiger partial charge in [0.2, 0.25) is 10.0 Å². The van der Waals surface area contributed by atoms with Crippen LogP contribution in [0.2, 0.25) is 0 Å². The average Bonchev–Trinajstić information content (AvgIpc) is 1.57. The maximum Gasteiger partial charge on any atom is 0.214 e. The van der Waals surface area contributed by atoms with Crippen LogP contribution in [0.5, 0.6) is 0 Å². The van der Waals surface area contributed by atoms with E-state index in [2.05, 4.69) is 5.14 Å². The molecule has 1 saturated carbocycles. The standard InChI is InChI=1S/C4H8FNO2S/c5-3-1-2-4(3)9(6,7)8/h3-4H,1-2H2,(H2,6,7,8)/t3-,4+/m1/s1. The second kappa shape index (κ2) is 1.91. The number of nitrogens with two attached hydrogens (primary N) is 1. The molecular weight excluding hydrogens is 145 g/mol. The highest BCUT2D eigenvalue weighted by molar-refractivity contribution is 7.89. The topological polar surface area (TPSA) is 60.2 Å². The second-order valence-electron chi connectivity index (χ2n) is 2.22. The Bertz CT molecular complexity index is 201. The fourth-order valence-electron chi connectivity index (χ4n) is 0.799. The summed E-state index contributed by atoms with van der Waals surface area (Å²) in [6, 6.07) is 0. The van der Waals surface area contributed by atoms with Gasteiger partial charge in [-0.3, -0.25) is 0 Å². The second-order valence-corrected chi connectivity index (χ2v) is 4.00. The molecule has 0 aliphatic heterocycles. The van der Waals surface area contributed by atoms with Crippen LogP contribution in [0, 0.1) is 0 Å². The van der Waals surface area contributed by atoms with Gasteiger partial charge in [-0.25, -0.2) is 17.9 Å². The largest absolute Gasteiger partial charge is 0.246 e. The van der Waals surface area contributed by atoms with Gasteiger partial charge in [-0.2, -0.15) is 0 Å². The molecule has 0 amide bonds. The Morgan fingerprint density at radius 3 is 2.00 bits per heavy atom. The van der Waals surface area contributed by atoms with Crippen molar-refractivity contribution >= 4 is 10.0 Å². The number of hydrogen-bond acceptors (Lipinski definition) is 2. The van der Waals surface area contributed by atoms with Crippen molar-refractivity contribution in [1.29, 1.82) is 0 Å². The molecule has 0 bridgehead atoms. The van der Waals surface area contributed by atoms with E-state index in [0.717, 1.165) is 0 Å². The highest BCUT2D eigenvalue weighted by atomic mass is 32.2. The monoisotopic (exact) mass is 153 g/mol. The SMILES string of the molecule is NS(=O)(=O)[C@H]1CC[C@H]1F. The first kappa shape index (κ1) is 6.95. The van der Waals surface area contributed by atoms with E-state index in [1.54, 1.807) is 0 Å². The maximum absolute atomic E-state index is 12.2. The summed E-state index contributed by atoms with van der Waals surface area (Å²) in [5.41, 5.74) is 0. The van der Waals surface area contributed by atoms with E-state index in [4.69, 9.17) is 0 Å². The number of sulfonamides is 1. The lowest BCUT2D eigenvalue weighted by atomic mass is 9.97. The molecule has 0 unspecified atom stereocenters. The number of halogens is 1. The fourth-order valence-corrected chi connectivity index (χ4v) is 1.81. The molecule has 0 spiro atoms. The van der Waals surface area contributed by atoms with Crippen molar-refractivity contribution in [2.75, 3.05) is 0 Å². The first-order chi connectivity index (χ1) is 4.02. The zero-order chi connectivity index (χ0) is 7.07. The maximum atomic E-state index is 12.2. The van der Waals surface area contributed by atoms with Crippen molar-refractivity contribution in [2.24, 2.45) is 5.14 Å². The number of primary sulfonamides is 1. The van der Waals surface area contributed by atoms with Crippen molar-refractivity contribution in [3.63, 3.8) is 0 Å². The molecule has 0 radical (unpaired) electrons. The highest BCUT2D eigenvalue weighted by Gasteiger charge is 2.39. The molecule has 3 nitrogen and oxygen atoms in total. The Labute approximate surface area is 53.1 Å². The molecule has 1 fully saturated rings. The van der Waals surface area contributed by atoms with Crippen LogP contribution in [-0.4, -0.2) is 19.8 Å². The van der Waals surface area contributed by atoms with E-state index in [1.807, 2.05) is 0 Å².